The van der Waals surface area contributed by atoms with E-state index in [1.807, 2.05) is 60.7 Å². The Bertz CT molecular complexity index is 1180. The largest absolute Gasteiger partial charge is 0.495 e. The second-order valence-corrected chi connectivity index (χ2v) is 10.0. The van der Waals surface area contributed by atoms with Crippen molar-refractivity contribution in [2.24, 2.45) is 5.92 Å². The second-order valence-electron chi connectivity index (χ2n) is 10.0. The van der Waals surface area contributed by atoms with E-state index in [-0.39, 0.29) is 5.92 Å². The predicted molar refractivity (Wildman–Crippen MR) is 137 cm³/mol. The van der Waals surface area contributed by atoms with Gasteiger partial charge in [-0.25, -0.2) is 15.0 Å². The van der Waals surface area contributed by atoms with Crippen molar-refractivity contribution in [3.63, 3.8) is 0 Å². The average molecular weight is 451 g/mol. The number of rotatable bonds is 4. The van der Waals surface area contributed by atoms with E-state index in [1.165, 1.54) is 0 Å². The molecule has 0 saturated carbocycles. The van der Waals surface area contributed by atoms with Gasteiger partial charge in [0.15, 0.2) is 17.5 Å². The number of benzene rings is 2. The fourth-order valence-corrected chi connectivity index (χ4v) is 4.35. The lowest BCUT2D eigenvalue weighted by Crippen LogP contribution is -2.41. The van der Waals surface area contributed by atoms with Crippen molar-refractivity contribution in [3.8, 4) is 22.8 Å². The molecule has 2 aliphatic rings. The van der Waals surface area contributed by atoms with Gasteiger partial charge in [-0.15, -0.1) is 0 Å². The molecule has 34 heavy (non-hydrogen) atoms. The van der Waals surface area contributed by atoms with Gasteiger partial charge in [-0.3, -0.25) is 0 Å². The van der Waals surface area contributed by atoms with E-state index in [0.717, 1.165) is 28.6 Å². The highest BCUT2D eigenvalue weighted by atomic mass is 16.7. The van der Waals surface area contributed by atoms with Gasteiger partial charge < -0.3 is 9.31 Å². The van der Waals surface area contributed by atoms with E-state index in [1.54, 1.807) is 0 Å². The van der Waals surface area contributed by atoms with Crippen molar-refractivity contribution in [2.45, 2.75) is 52.2 Å². The van der Waals surface area contributed by atoms with Crippen LogP contribution in [-0.2, 0) is 9.31 Å². The zero-order chi connectivity index (χ0) is 23.9. The zero-order valence-electron chi connectivity index (χ0n) is 20.4. The maximum atomic E-state index is 6.43. The van der Waals surface area contributed by atoms with Gasteiger partial charge in [-0.1, -0.05) is 79.7 Å². The Morgan fingerprint density at radius 2 is 1.21 bits per heavy atom. The SMILES string of the molecule is CC1CC=CC(B2OC(C)(C)C(C)(C)O2)=C1c1nc(-c2ccccc2)nc(-c2ccccc2)n1. The zero-order valence-corrected chi connectivity index (χ0v) is 20.4. The fourth-order valence-electron chi connectivity index (χ4n) is 4.35. The minimum Gasteiger partial charge on any atom is -0.399 e. The third kappa shape index (κ3) is 4.12. The molecule has 172 valence electrons. The Kier molecular flexibility index (Phi) is 5.74. The summed E-state index contributed by atoms with van der Waals surface area (Å²) >= 11 is 0. The Morgan fingerprint density at radius 1 is 0.735 bits per heavy atom. The van der Waals surface area contributed by atoms with E-state index in [4.69, 9.17) is 24.3 Å². The number of nitrogens with zero attached hydrogens (tertiary/aromatic N) is 3. The lowest BCUT2D eigenvalue weighted by Gasteiger charge is -2.32. The molecule has 1 fully saturated rings. The third-order valence-corrected chi connectivity index (χ3v) is 7.04. The molecule has 1 aromatic heterocycles. The average Bonchev–Trinajstić information content (AvgIpc) is 3.06. The van der Waals surface area contributed by atoms with Crippen LogP contribution in [0.3, 0.4) is 0 Å². The smallest absolute Gasteiger partial charge is 0.399 e. The van der Waals surface area contributed by atoms with Gasteiger partial charge >= 0.3 is 7.12 Å². The van der Waals surface area contributed by atoms with Crippen LogP contribution in [0.5, 0.6) is 0 Å². The first kappa shape index (κ1) is 22.7. The van der Waals surface area contributed by atoms with Crippen LogP contribution in [-0.4, -0.2) is 33.3 Å². The minimum atomic E-state index is -0.476. The monoisotopic (exact) mass is 451 g/mol. The minimum absolute atomic E-state index is 0.216. The fraction of sp³-hybridized carbons (Fsp3) is 0.321. The summed E-state index contributed by atoms with van der Waals surface area (Å²) in [6.07, 6.45) is 5.21. The summed E-state index contributed by atoms with van der Waals surface area (Å²) in [5, 5.41) is 0. The summed E-state index contributed by atoms with van der Waals surface area (Å²) in [5.41, 5.74) is 3.11. The standard InChI is InChI=1S/C28H30BN3O2/c1-19-13-12-18-22(29-33-27(2,3)28(4,5)34-29)23(19)26-31-24(20-14-8-6-9-15-20)30-25(32-26)21-16-10-7-11-17-21/h6-12,14-19H,13H2,1-5H3. The Hall–Kier alpha value is -3.09. The van der Waals surface area contributed by atoms with Gasteiger partial charge in [0.1, 0.15) is 0 Å². The van der Waals surface area contributed by atoms with Gasteiger partial charge in [-0.05, 0) is 51.1 Å². The molecule has 1 aliphatic heterocycles. The van der Waals surface area contributed by atoms with Crippen LogP contribution in [0.2, 0.25) is 0 Å². The normalized spacial score (nSPS) is 21.2. The summed E-state index contributed by atoms with van der Waals surface area (Å²) < 4.78 is 12.9. The quantitative estimate of drug-likeness (QED) is 0.443. The Morgan fingerprint density at radius 3 is 1.71 bits per heavy atom. The molecule has 5 rings (SSSR count). The molecule has 1 atom stereocenters. The Labute approximate surface area is 202 Å². The van der Waals surface area contributed by atoms with Crippen LogP contribution in [0.15, 0.2) is 78.3 Å². The van der Waals surface area contributed by atoms with Crippen molar-refractivity contribution in [1.82, 2.24) is 15.0 Å². The molecule has 0 radical (unpaired) electrons. The highest BCUT2D eigenvalue weighted by Gasteiger charge is 2.53. The first-order valence-corrected chi connectivity index (χ1v) is 11.9. The van der Waals surface area contributed by atoms with Crippen molar-refractivity contribution < 1.29 is 9.31 Å². The molecule has 0 bridgehead atoms. The van der Waals surface area contributed by atoms with Crippen molar-refractivity contribution in [2.75, 3.05) is 0 Å². The van der Waals surface area contributed by atoms with Crippen LogP contribution in [0.4, 0.5) is 0 Å². The molecule has 0 amide bonds. The summed E-state index contributed by atoms with van der Waals surface area (Å²) in [6, 6.07) is 20.1. The van der Waals surface area contributed by atoms with Crippen molar-refractivity contribution in [1.29, 1.82) is 0 Å². The topological polar surface area (TPSA) is 57.1 Å². The molecule has 6 heteroatoms. The van der Waals surface area contributed by atoms with Crippen LogP contribution in [0, 0.1) is 5.92 Å². The van der Waals surface area contributed by atoms with Gasteiger partial charge in [-0.2, -0.15) is 0 Å². The van der Waals surface area contributed by atoms with E-state index in [2.05, 4.69) is 46.8 Å². The molecule has 0 N–H and O–H groups in total. The number of hydrogen-bond donors (Lipinski definition) is 0. The van der Waals surface area contributed by atoms with Crippen LogP contribution >= 0.6 is 0 Å². The maximum Gasteiger partial charge on any atom is 0.495 e. The maximum absolute atomic E-state index is 6.43. The van der Waals surface area contributed by atoms with E-state index in [0.29, 0.717) is 17.5 Å². The molecular weight excluding hydrogens is 421 g/mol. The van der Waals surface area contributed by atoms with Gasteiger partial charge in [0.25, 0.3) is 0 Å². The highest BCUT2D eigenvalue weighted by molar-refractivity contribution is 6.57. The molecule has 2 heterocycles. The lowest BCUT2D eigenvalue weighted by atomic mass is 9.69. The molecular formula is C28H30BN3O2. The summed E-state index contributed by atoms with van der Waals surface area (Å²) in [5.74, 6) is 2.21. The second kappa shape index (κ2) is 8.60. The molecule has 5 nitrogen and oxygen atoms in total. The van der Waals surface area contributed by atoms with E-state index in [9.17, 15) is 0 Å². The van der Waals surface area contributed by atoms with Crippen molar-refractivity contribution >= 4 is 12.7 Å². The molecule has 1 saturated heterocycles. The summed E-state index contributed by atoms with van der Waals surface area (Å²) in [6.45, 7) is 10.5. The lowest BCUT2D eigenvalue weighted by molar-refractivity contribution is 0.00578. The predicted octanol–water partition coefficient (Wildman–Crippen LogP) is 6.19. The van der Waals surface area contributed by atoms with E-state index < -0.39 is 18.3 Å². The number of allylic oxidation sites excluding steroid dienone is 4. The highest BCUT2D eigenvalue weighted by Crippen LogP contribution is 2.42. The molecule has 2 aromatic carbocycles. The Balaban J connectivity index is 1.70. The van der Waals surface area contributed by atoms with Gasteiger partial charge in [0.2, 0.25) is 0 Å². The van der Waals surface area contributed by atoms with Gasteiger partial charge in [0, 0.05) is 11.1 Å². The summed E-state index contributed by atoms with van der Waals surface area (Å²) in [7, 11) is -0.476. The summed E-state index contributed by atoms with van der Waals surface area (Å²) in [4.78, 5) is 14.8. The van der Waals surface area contributed by atoms with E-state index >= 15 is 0 Å². The van der Waals surface area contributed by atoms with Gasteiger partial charge in [0.05, 0.1) is 11.2 Å². The first-order chi connectivity index (χ1) is 16.2. The first-order valence-electron chi connectivity index (χ1n) is 11.9. The molecule has 0 spiro atoms. The van der Waals surface area contributed by atoms with Crippen LogP contribution in [0.25, 0.3) is 28.3 Å². The van der Waals surface area contributed by atoms with Crippen molar-refractivity contribution in [3.05, 3.63) is 84.1 Å². The van der Waals surface area contributed by atoms with Crippen LogP contribution < -0.4 is 0 Å². The molecule has 3 aromatic rings. The third-order valence-electron chi connectivity index (χ3n) is 7.04. The molecule has 1 unspecified atom stereocenters. The number of aromatic nitrogens is 3. The number of hydrogen-bond acceptors (Lipinski definition) is 5. The van der Waals surface area contributed by atoms with Crippen LogP contribution in [0.1, 0.15) is 46.9 Å². The molecule has 1 aliphatic carbocycles.